The van der Waals surface area contributed by atoms with Crippen molar-refractivity contribution in [2.75, 3.05) is 7.05 Å². The maximum atomic E-state index is 12.7. The number of amides is 1. The Balaban J connectivity index is 2.47. The molecule has 1 amide bonds. The zero-order valence-electron chi connectivity index (χ0n) is 12.7. The van der Waals surface area contributed by atoms with Crippen LogP contribution in [0.15, 0.2) is 18.2 Å². The number of ether oxygens (including phenoxy) is 1. The maximum absolute atomic E-state index is 12.7. The summed E-state index contributed by atoms with van der Waals surface area (Å²) >= 11 is 5.96. The molecule has 0 saturated heterocycles. The van der Waals surface area contributed by atoms with E-state index < -0.39 is 34.1 Å². The summed E-state index contributed by atoms with van der Waals surface area (Å²) in [5.41, 5.74) is -1.94. The van der Waals surface area contributed by atoms with E-state index in [9.17, 15) is 28.1 Å². The average Bonchev–Trinajstić information content (AvgIpc) is 2.81. The van der Waals surface area contributed by atoms with E-state index >= 15 is 0 Å². The van der Waals surface area contributed by atoms with Crippen molar-refractivity contribution in [1.82, 2.24) is 15.1 Å². The standard InChI is InChI=1S/C13H10ClF3N4O4/c1-6-10(14)11(19-20(6)12(22)18-2)25-9-4-3-7(13(15,16)17)5-8(9)21(23)24/h3-5H,1-2H3,(H,18,22). The molecule has 12 heteroatoms. The lowest BCUT2D eigenvalue weighted by atomic mass is 10.2. The highest BCUT2D eigenvalue weighted by Gasteiger charge is 2.34. The number of carbonyl (C=O) groups excluding carboxylic acids is 1. The van der Waals surface area contributed by atoms with Gasteiger partial charge in [0.1, 0.15) is 5.02 Å². The van der Waals surface area contributed by atoms with Crippen LogP contribution in [-0.2, 0) is 6.18 Å². The Bertz CT molecular complexity index is 851. The molecule has 0 bridgehead atoms. The smallest absolute Gasteiger partial charge is 0.416 e. The van der Waals surface area contributed by atoms with Gasteiger partial charge < -0.3 is 10.1 Å². The summed E-state index contributed by atoms with van der Waals surface area (Å²) in [5, 5.41) is 17.0. The predicted molar refractivity (Wildman–Crippen MR) is 80.0 cm³/mol. The van der Waals surface area contributed by atoms with Crippen molar-refractivity contribution in [2.45, 2.75) is 13.1 Å². The first-order chi connectivity index (χ1) is 11.6. The number of benzene rings is 1. The highest BCUT2D eigenvalue weighted by atomic mass is 35.5. The average molecular weight is 379 g/mol. The van der Waals surface area contributed by atoms with Crippen molar-refractivity contribution in [1.29, 1.82) is 0 Å². The number of aromatic nitrogens is 2. The van der Waals surface area contributed by atoms with Crippen LogP contribution in [0.25, 0.3) is 0 Å². The van der Waals surface area contributed by atoms with E-state index in [1.165, 1.54) is 14.0 Å². The van der Waals surface area contributed by atoms with E-state index in [-0.39, 0.29) is 16.6 Å². The summed E-state index contributed by atoms with van der Waals surface area (Å²) in [6.45, 7) is 1.44. The van der Waals surface area contributed by atoms with Gasteiger partial charge in [-0.15, -0.1) is 5.10 Å². The Kier molecular flexibility index (Phi) is 4.88. The number of carbonyl (C=O) groups is 1. The van der Waals surface area contributed by atoms with E-state index in [1.807, 2.05) is 0 Å². The van der Waals surface area contributed by atoms with E-state index in [2.05, 4.69) is 10.4 Å². The van der Waals surface area contributed by atoms with Gasteiger partial charge >= 0.3 is 17.9 Å². The number of hydrogen-bond donors (Lipinski definition) is 1. The topological polar surface area (TPSA) is 99.3 Å². The van der Waals surface area contributed by atoms with Crippen LogP contribution in [0.5, 0.6) is 11.6 Å². The number of nitrogens with zero attached hydrogens (tertiary/aromatic N) is 3. The Morgan fingerprint density at radius 2 is 2.08 bits per heavy atom. The molecule has 1 aromatic heterocycles. The van der Waals surface area contributed by atoms with Crippen molar-refractivity contribution in [3.8, 4) is 11.6 Å². The Morgan fingerprint density at radius 1 is 1.44 bits per heavy atom. The number of nitro groups is 1. The third kappa shape index (κ3) is 3.65. The van der Waals surface area contributed by atoms with Crippen LogP contribution in [0.3, 0.4) is 0 Å². The molecule has 2 aromatic rings. The molecule has 0 unspecified atom stereocenters. The molecule has 1 heterocycles. The molecular formula is C13H10ClF3N4O4. The predicted octanol–water partition coefficient (Wildman–Crippen LogP) is 3.75. The van der Waals surface area contributed by atoms with Gasteiger partial charge in [-0.3, -0.25) is 10.1 Å². The van der Waals surface area contributed by atoms with Crippen LogP contribution in [0.2, 0.25) is 5.02 Å². The zero-order valence-corrected chi connectivity index (χ0v) is 13.5. The number of nitrogens with one attached hydrogen (secondary N) is 1. The molecule has 8 nitrogen and oxygen atoms in total. The summed E-state index contributed by atoms with van der Waals surface area (Å²) < 4.78 is 44.1. The monoisotopic (exact) mass is 378 g/mol. The highest BCUT2D eigenvalue weighted by molar-refractivity contribution is 6.32. The van der Waals surface area contributed by atoms with E-state index in [1.54, 1.807) is 0 Å². The third-order valence-electron chi connectivity index (χ3n) is 3.11. The zero-order chi connectivity index (χ0) is 18.9. The first-order valence-electron chi connectivity index (χ1n) is 6.57. The maximum Gasteiger partial charge on any atom is 0.416 e. The summed E-state index contributed by atoms with van der Waals surface area (Å²) in [4.78, 5) is 21.6. The third-order valence-corrected chi connectivity index (χ3v) is 3.54. The van der Waals surface area contributed by atoms with Crippen LogP contribution in [0, 0.1) is 17.0 Å². The normalized spacial score (nSPS) is 11.3. The highest BCUT2D eigenvalue weighted by Crippen LogP contribution is 2.39. The van der Waals surface area contributed by atoms with E-state index in [0.29, 0.717) is 12.1 Å². The Hall–Kier alpha value is -2.82. The Labute approximate surface area is 143 Å². The Morgan fingerprint density at radius 3 is 2.60 bits per heavy atom. The largest absolute Gasteiger partial charge is 0.429 e. The van der Waals surface area contributed by atoms with Crippen molar-refractivity contribution in [3.63, 3.8) is 0 Å². The fourth-order valence-corrected chi connectivity index (χ4v) is 2.01. The summed E-state index contributed by atoms with van der Waals surface area (Å²) in [5.74, 6) is -0.855. The van der Waals surface area contributed by atoms with Crippen LogP contribution in [-0.4, -0.2) is 27.8 Å². The second-order valence-electron chi connectivity index (χ2n) is 4.71. The second kappa shape index (κ2) is 6.59. The molecule has 0 aliphatic heterocycles. The summed E-state index contributed by atoms with van der Waals surface area (Å²) in [6, 6.07) is 1.10. The quantitative estimate of drug-likeness (QED) is 0.647. The van der Waals surface area contributed by atoms with Crippen LogP contribution in [0.4, 0.5) is 23.7 Å². The molecule has 0 atom stereocenters. The van der Waals surface area contributed by atoms with Crippen molar-refractivity contribution in [3.05, 3.63) is 44.6 Å². The lowest BCUT2D eigenvalue weighted by Crippen LogP contribution is -2.26. The SMILES string of the molecule is CNC(=O)n1nc(Oc2ccc(C(F)(F)F)cc2[N+](=O)[O-])c(Cl)c1C. The van der Waals surface area contributed by atoms with Crippen molar-refractivity contribution in [2.24, 2.45) is 0 Å². The molecule has 0 fully saturated rings. The van der Waals surface area contributed by atoms with Crippen LogP contribution in [0.1, 0.15) is 11.3 Å². The van der Waals surface area contributed by atoms with Crippen molar-refractivity contribution >= 4 is 23.3 Å². The summed E-state index contributed by atoms with van der Waals surface area (Å²) in [7, 11) is 1.35. The molecular weight excluding hydrogens is 369 g/mol. The van der Waals surface area contributed by atoms with Gasteiger partial charge in [-0.25, -0.2) is 4.79 Å². The molecule has 0 spiro atoms. The molecule has 0 aliphatic carbocycles. The van der Waals surface area contributed by atoms with Gasteiger partial charge in [0.15, 0.2) is 0 Å². The van der Waals surface area contributed by atoms with Gasteiger partial charge in [-0.2, -0.15) is 17.9 Å². The molecule has 1 N–H and O–H groups in total. The number of halogens is 4. The van der Waals surface area contributed by atoms with E-state index in [0.717, 1.165) is 10.7 Å². The lowest BCUT2D eigenvalue weighted by Gasteiger charge is -2.08. The number of rotatable bonds is 3. The molecule has 25 heavy (non-hydrogen) atoms. The minimum atomic E-state index is -4.75. The lowest BCUT2D eigenvalue weighted by molar-refractivity contribution is -0.385. The second-order valence-corrected chi connectivity index (χ2v) is 5.09. The van der Waals surface area contributed by atoms with Crippen LogP contribution >= 0.6 is 11.6 Å². The fourth-order valence-electron chi connectivity index (χ4n) is 1.85. The van der Waals surface area contributed by atoms with Gasteiger partial charge in [0.25, 0.3) is 5.88 Å². The van der Waals surface area contributed by atoms with Gasteiger partial charge in [0.05, 0.1) is 16.2 Å². The van der Waals surface area contributed by atoms with Crippen molar-refractivity contribution < 1.29 is 27.6 Å². The van der Waals surface area contributed by atoms with Gasteiger partial charge in [0, 0.05) is 13.1 Å². The number of hydrogen-bond acceptors (Lipinski definition) is 5. The summed E-state index contributed by atoms with van der Waals surface area (Å²) in [6.07, 6.45) is -4.75. The van der Waals surface area contributed by atoms with Gasteiger partial charge in [-0.1, -0.05) is 11.6 Å². The van der Waals surface area contributed by atoms with Gasteiger partial charge in [-0.05, 0) is 19.1 Å². The molecule has 0 aliphatic rings. The van der Waals surface area contributed by atoms with E-state index in [4.69, 9.17) is 16.3 Å². The molecule has 0 saturated carbocycles. The molecule has 0 radical (unpaired) electrons. The number of alkyl halides is 3. The minimum Gasteiger partial charge on any atom is -0.429 e. The van der Waals surface area contributed by atoms with Gasteiger partial charge in [0.2, 0.25) is 5.75 Å². The first kappa shape index (κ1) is 18.5. The molecule has 2 rings (SSSR count). The fraction of sp³-hybridized carbons (Fsp3) is 0.231. The van der Waals surface area contributed by atoms with Crippen LogP contribution < -0.4 is 10.1 Å². The molecule has 1 aromatic carbocycles. The minimum absolute atomic E-state index is 0.113. The first-order valence-corrected chi connectivity index (χ1v) is 6.94. The number of nitro benzene ring substituents is 1. The molecule has 134 valence electrons.